The summed E-state index contributed by atoms with van der Waals surface area (Å²) in [4.78, 5) is 10.1. The van der Waals surface area contributed by atoms with Crippen LogP contribution in [0.1, 0.15) is 63.1 Å². The molecule has 142 valence electrons. The van der Waals surface area contributed by atoms with E-state index >= 15 is 0 Å². The van der Waals surface area contributed by atoms with Gasteiger partial charge in [0, 0.05) is 29.6 Å². The quantitative estimate of drug-likeness (QED) is 0.771. The first-order chi connectivity index (χ1) is 12.9. The second-order valence-electron chi connectivity index (χ2n) is 8.55. The SMILES string of the molecule is COC1CCC2(CC1)Cc1ccc(C#CC(C)C)cc1[C@@]21N=C(C)C(N)=N1. The Balaban J connectivity index is 1.82. The average molecular weight is 364 g/mol. The van der Waals surface area contributed by atoms with Gasteiger partial charge in [0.15, 0.2) is 5.66 Å². The van der Waals surface area contributed by atoms with Gasteiger partial charge < -0.3 is 10.5 Å². The van der Waals surface area contributed by atoms with E-state index in [1.165, 1.54) is 11.1 Å². The first kappa shape index (κ1) is 18.3. The van der Waals surface area contributed by atoms with E-state index in [1.54, 1.807) is 0 Å². The molecule has 0 amide bonds. The number of nitrogens with two attached hydrogens (primary N) is 1. The molecule has 0 aromatic heterocycles. The Bertz CT molecular complexity index is 859. The molecule has 1 atom stereocenters. The van der Waals surface area contributed by atoms with Gasteiger partial charge in [-0.05, 0) is 56.7 Å². The minimum atomic E-state index is -0.579. The third-order valence-corrected chi connectivity index (χ3v) is 6.46. The summed E-state index contributed by atoms with van der Waals surface area (Å²) in [6.07, 6.45) is 5.56. The van der Waals surface area contributed by atoms with Crippen molar-refractivity contribution in [3.8, 4) is 11.8 Å². The fraction of sp³-hybridized carbons (Fsp3) is 0.565. The fourth-order valence-electron chi connectivity index (χ4n) is 4.98. The summed E-state index contributed by atoms with van der Waals surface area (Å²) in [6, 6.07) is 6.58. The van der Waals surface area contributed by atoms with Gasteiger partial charge in [0.2, 0.25) is 0 Å². The maximum absolute atomic E-state index is 6.24. The van der Waals surface area contributed by atoms with Crippen LogP contribution < -0.4 is 5.73 Å². The molecule has 1 aliphatic heterocycles. The number of nitrogens with zero attached hydrogens (tertiary/aromatic N) is 2. The van der Waals surface area contributed by atoms with Crippen LogP contribution in [0, 0.1) is 23.2 Å². The second kappa shape index (κ2) is 6.49. The predicted octanol–water partition coefficient (Wildman–Crippen LogP) is 3.81. The Kier molecular flexibility index (Phi) is 4.39. The summed E-state index contributed by atoms with van der Waals surface area (Å²) in [5.41, 5.74) is 10.1. The lowest BCUT2D eigenvalue weighted by molar-refractivity contribution is -0.000378. The molecule has 4 heteroatoms. The molecular formula is C23H29N3O. The lowest BCUT2D eigenvalue weighted by Gasteiger charge is -2.44. The zero-order valence-corrected chi connectivity index (χ0v) is 16.8. The maximum Gasteiger partial charge on any atom is 0.184 e. The fourth-order valence-corrected chi connectivity index (χ4v) is 4.98. The Morgan fingerprint density at radius 2 is 1.96 bits per heavy atom. The molecule has 0 radical (unpaired) electrons. The largest absolute Gasteiger partial charge is 0.382 e. The van der Waals surface area contributed by atoms with Gasteiger partial charge >= 0.3 is 0 Å². The van der Waals surface area contributed by atoms with Crippen LogP contribution in [-0.2, 0) is 16.8 Å². The predicted molar refractivity (Wildman–Crippen MR) is 110 cm³/mol. The molecule has 1 aromatic rings. The van der Waals surface area contributed by atoms with Crippen LogP contribution in [0.3, 0.4) is 0 Å². The van der Waals surface area contributed by atoms with Gasteiger partial charge in [-0.1, -0.05) is 31.8 Å². The van der Waals surface area contributed by atoms with Crippen molar-refractivity contribution in [2.45, 2.75) is 64.6 Å². The molecule has 1 heterocycles. The van der Waals surface area contributed by atoms with E-state index in [1.807, 2.05) is 14.0 Å². The number of benzene rings is 1. The second-order valence-corrected chi connectivity index (χ2v) is 8.55. The highest BCUT2D eigenvalue weighted by Gasteiger charge is 2.60. The number of rotatable bonds is 1. The summed E-state index contributed by atoms with van der Waals surface area (Å²) in [5.74, 6) is 7.51. The van der Waals surface area contributed by atoms with Crippen LogP contribution >= 0.6 is 0 Å². The van der Waals surface area contributed by atoms with E-state index in [0.717, 1.165) is 43.4 Å². The highest BCUT2D eigenvalue weighted by molar-refractivity contribution is 6.41. The van der Waals surface area contributed by atoms with E-state index in [2.05, 4.69) is 43.9 Å². The third-order valence-electron chi connectivity index (χ3n) is 6.46. The van der Waals surface area contributed by atoms with Gasteiger partial charge in [-0.25, -0.2) is 4.99 Å². The average Bonchev–Trinajstić information content (AvgIpc) is 3.09. The number of fused-ring (bicyclic) bond motifs is 3. The monoisotopic (exact) mass is 363 g/mol. The summed E-state index contributed by atoms with van der Waals surface area (Å²) >= 11 is 0. The molecule has 1 fully saturated rings. The van der Waals surface area contributed by atoms with E-state index in [0.29, 0.717) is 17.9 Å². The number of hydrogen-bond acceptors (Lipinski definition) is 4. The number of methoxy groups -OCH3 is 1. The van der Waals surface area contributed by atoms with Crippen molar-refractivity contribution in [3.05, 3.63) is 34.9 Å². The molecule has 1 saturated carbocycles. The van der Waals surface area contributed by atoms with Gasteiger partial charge in [0.1, 0.15) is 5.84 Å². The number of ether oxygens (including phenoxy) is 1. The molecule has 27 heavy (non-hydrogen) atoms. The number of amidine groups is 1. The summed E-state index contributed by atoms with van der Waals surface area (Å²) in [6.45, 7) is 6.20. The Labute approximate surface area is 162 Å². The van der Waals surface area contributed by atoms with Crippen molar-refractivity contribution in [1.29, 1.82) is 0 Å². The zero-order valence-electron chi connectivity index (χ0n) is 16.8. The molecule has 0 bridgehead atoms. The lowest BCUT2D eigenvalue weighted by atomic mass is 9.65. The topological polar surface area (TPSA) is 60.0 Å². The smallest absolute Gasteiger partial charge is 0.184 e. The molecule has 2 aliphatic carbocycles. The van der Waals surface area contributed by atoms with Crippen LogP contribution in [0.4, 0.5) is 0 Å². The first-order valence-electron chi connectivity index (χ1n) is 9.99. The van der Waals surface area contributed by atoms with Crippen molar-refractivity contribution >= 4 is 11.5 Å². The first-order valence-corrected chi connectivity index (χ1v) is 9.99. The maximum atomic E-state index is 6.24. The molecule has 0 saturated heterocycles. The highest BCUT2D eigenvalue weighted by atomic mass is 16.5. The molecule has 2 N–H and O–H groups in total. The van der Waals surface area contributed by atoms with Crippen LogP contribution in [0.25, 0.3) is 0 Å². The standard InChI is InChI=1S/C23H29N3O/c1-15(2)5-6-17-7-8-18-14-22(11-9-19(27-4)10-12-22)23(20(18)13-17)25-16(3)21(24)26-23/h7-8,13,15,19H,9-12,14H2,1-4H3,(H2,24,26)/t19?,22?,23-/m0/s1. The van der Waals surface area contributed by atoms with E-state index in [-0.39, 0.29) is 5.41 Å². The molecule has 0 unspecified atom stereocenters. The molecule has 3 aliphatic rings. The summed E-state index contributed by atoms with van der Waals surface area (Å²) in [5, 5.41) is 0. The van der Waals surface area contributed by atoms with E-state index in [4.69, 9.17) is 20.5 Å². The minimum absolute atomic E-state index is 0.00313. The van der Waals surface area contributed by atoms with Gasteiger partial charge in [-0.3, -0.25) is 4.99 Å². The summed E-state index contributed by atoms with van der Waals surface area (Å²) < 4.78 is 5.62. The van der Waals surface area contributed by atoms with Crippen molar-refractivity contribution < 1.29 is 4.74 Å². The van der Waals surface area contributed by atoms with Crippen LogP contribution in [0.5, 0.6) is 0 Å². The lowest BCUT2D eigenvalue weighted by Crippen LogP contribution is -2.43. The molecule has 4 rings (SSSR count). The van der Waals surface area contributed by atoms with Crippen molar-refractivity contribution in [2.24, 2.45) is 27.1 Å². The minimum Gasteiger partial charge on any atom is -0.382 e. The Hall–Kier alpha value is -2.12. The van der Waals surface area contributed by atoms with E-state index in [9.17, 15) is 0 Å². The van der Waals surface area contributed by atoms with Crippen molar-refractivity contribution in [1.82, 2.24) is 0 Å². The molecule has 1 aromatic carbocycles. The Morgan fingerprint density at radius 3 is 2.56 bits per heavy atom. The van der Waals surface area contributed by atoms with Gasteiger partial charge in [-0.15, -0.1) is 0 Å². The van der Waals surface area contributed by atoms with Gasteiger partial charge in [-0.2, -0.15) is 0 Å². The molecular weight excluding hydrogens is 334 g/mol. The Morgan fingerprint density at radius 1 is 1.22 bits per heavy atom. The number of aliphatic imine (C=N–C) groups is 2. The van der Waals surface area contributed by atoms with Crippen molar-refractivity contribution in [2.75, 3.05) is 7.11 Å². The van der Waals surface area contributed by atoms with Crippen LogP contribution in [0.15, 0.2) is 28.2 Å². The highest BCUT2D eigenvalue weighted by Crippen LogP contribution is 2.61. The van der Waals surface area contributed by atoms with Crippen LogP contribution in [-0.4, -0.2) is 24.8 Å². The zero-order chi connectivity index (χ0) is 19.2. The summed E-state index contributed by atoms with van der Waals surface area (Å²) in [7, 11) is 1.81. The van der Waals surface area contributed by atoms with Gasteiger partial charge in [0.25, 0.3) is 0 Å². The third kappa shape index (κ3) is 2.80. The van der Waals surface area contributed by atoms with Crippen LogP contribution in [0.2, 0.25) is 0 Å². The molecule has 4 nitrogen and oxygen atoms in total. The normalized spacial score (nSPS) is 31.7. The van der Waals surface area contributed by atoms with Crippen molar-refractivity contribution in [3.63, 3.8) is 0 Å². The molecule has 2 spiro atoms. The van der Waals surface area contributed by atoms with Gasteiger partial charge in [0.05, 0.1) is 11.8 Å². The number of hydrogen-bond donors (Lipinski definition) is 1. The van der Waals surface area contributed by atoms with E-state index < -0.39 is 5.66 Å².